The average molecular weight is 270 g/mol. The van der Waals surface area contributed by atoms with Crippen LogP contribution in [0.1, 0.15) is 21.5 Å². The number of hydrogen-bond donors (Lipinski definition) is 3. The number of carbonyl (C=O) groups excluding carboxylic acids is 1. The summed E-state index contributed by atoms with van der Waals surface area (Å²) in [6, 6.07) is 12.7. The molecule has 0 atom stereocenters. The van der Waals surface area contributed by atoms with Crippen LogP contribution < -0.4 is 11.1 Å². The lowest BCUT2D eigenvalue weighted by Gasteiger charge is -2.09. The minimum atomic E-state index is -0.176. The number of anilines is 2. The quantitative estimate of drug-likeness (QED) is 0.747. The monoisotopic (exact) mass is 270 g/mol. The molecule has 4 nitrogen and oxygen atoms in total. The Bertz CT molecular complexity index is 606. The molecule has 1 amide bonds. The highest BCUT2D eigenvalue weighted by atomic mass is 16.2. The second-order valence-corrected chi connectivity index (χ2v) is 4.70. The number of rotatable bonds is 4. The molecule has 2 rings (SSSR count). The Kier molecular flexibility index (Phi) is 4.38. The van der Waals surface area contributed by atoms with Crippen LogP contribution in [0.15, 0.2) is 42.5 Å². The van der Waals surface area contributed by atoms with Crippen LogP contribution in [0.4, 0.5) is 11.4 Å². The first-order valence-electron chi connectivity index (χ1n) is 6.47. The lowest BCUT2D eigenvalue weighted by Crippen LogP contribution is -2.13. The molecule has 0 aliphatic rings. The van der Waals surface area contributed by atoms with E-state index in [-0.39, 0.29) is 12.5 Å². The Hall–Kier alpha value is -2.33. The van der Waals surface area contributed by atoms with Crippen LogP contribution in [0.2, 0.25) is 0 Å². The minimum absolute atomic E-state index is 0.119. The lowest BCUT2D eigenvalue weighted by atomic mass is 10.1. The number of carbonyl (C=O) groups is 1. The molecule has 4 heteroatoms. The summed E-state index contributed by atoms with van der Waals surface area (Å²) < 4.78 is 0. The van der Waals surface area contributed by atoms with Crippen LogP contribution in [0.3, 0.4) is 0 Å². The van der Waals surface area contributed by atoms with Gasteiger partial charge in [0, 0.05) is 23.5 Å². The number of nitrogens with one attached hydrogen (secondary N) is 1. The van der Waals surface area contributed by atoms with Crippen molar-refractivity contribution in [3.8, 4) is 0 Å². The van der Waals surface area contributed by atoms with Crippen molar-refractivity contribution in [2.75, 3.05) is 17.7 Å². The van der Waals surface area contributed by atoms with Gasteiger partial charge in [0.2, 0.25) is 0 Å². The van der Waals surface area contributed by atoms with Gasteiger partial charge < -0.3 is 16.2 Å². The molecular weight excluding hydrogens is 252 g/mol. The lowest BCUT2D eigenvalue weighted by molar-refractivity contribution is 0.102. The molecule has 0 heterocycles. The van der Waals surface area contributed by atoms with Gasteiger partial charge in [-0.25, -0.2) is 0 Å². The van der Waals surface area contributed by atoms with E-state index in [0.717, 1.165) is 16.8 Å². The van der Waals surface area contributed by atoms with Crippen LogP contribution in [0.5, 0.6) is 0 Å². The van der Waals surface area contributed by atoms with E-state index >= 15 is 0 Å². The Labute approximate surface area is 118 Å². The van der Waals surface area contributed by atoms with E-state index in [1.165, 1.54) is 0 Å². The van der Waals surface area contributed by atoms with E-state index in [1.807, 2.05) is 37.3 Å². The third kappa shape index (κ3) is 3.36. The normalized spacial score (nSPS) is 10.3. The van der Waals surface area contributed by atoms with E-state index < -0.39 is 0 Å². The topological polar surface area (TPSA) is 75.4 Å². The van der Waals surface area contributed by atoms with Crippen molar-refractivity contribution in [2.45, 2.75) is 13.3 Å². The second-order valence-electron chi connectivity index (χ2n) is 4.70. The van der Waals surface area contributed by atoms with Crippen molar-refractivity contribution in [2.24, 2.45) is 0 Å². The SMILES string of the molecule is Cc1ccc(N)cc1C(=O)Nc1ccc(CCO)cc1. The number of aliphatic hydroxyl groups is 1. The van der Waals surface area contributed by atoms with E-state index in [9.17, 15) is 4.79 Å². The number of benzene rings is 2. The van der Waals surface area contributed by atoms with Gasteiger partial charge in [-0.05, 0) is 48.7 Å². The fraction of sp³-hybridized carbons (Fsp3) is 0.188. The minimum Gasteiger partial charge on any atom is -0.399 e. The van der Waals surface area contributed by atoms with E-state index in [1.54, 1.807) is 12.1 Å². The van der Waals surface area contributed by atoms with Gasteiger partial charge in [-0.2, -0.15) is 0 Å². The van der Waals surface area contributed by atoms with Crippen LogP contribution in [-0.2, 0) is 6.42 Å². The number of hydrogen-bond acceptors (Lipinski definition) is 3. The van der Waals surface area contributed by atoms with Crippen LogP contribution in [0.25, 0.3) is 0 Å². The van der Waals surface area contributed by atoms with E-state index in [2.05, 4.69) is 5.32 Å². The third-order valence-electron chi connectivity index (χ3n) is 3.12. The van der Waals surface area contributed by atoms with Crippen molar-refractivity contribution in [1.29, 1.82) is 0 Å². The fourth-order valence-electron chi connectivity index (χ4n) is 1.97. The van der Waals surface area contributed by atoms with E-state index in [4.69, 9.17) is 10.8 Å². The van der Waals surface area contributed by atoms with Gasteiger partial charge >= 0.3 is 0 Å². The molecule has 0 saturated carbocycles. The fourth-order valence-corrected chi connectivity index (χ4v) is 1.97. The molecule has 2 aromatic carbocycles. The molecule has 0 fully saturated rings. The van der Waals surface area contributed by atoms with Gasteiger partial charge in [0.25, 0.3) is 5.91 Å². The molecule has 104 valence electrons. The van der Waals surface area contributed by atoms with Crippen LogP contribution in [-0.4, -0.2) is 17.6 Å². The zero-order valence-electron chi connectivity index (χ0n) is 11.4. The maximum Gasteiger partial charge on any atom is 0.256 e. The Morgan fingerprint density at radius 1 is 1.20 bits per heavy atom. The predicted octanol–water partition coefficient (Wildman–Crippen LogP) is 2.36. The zero-order chi connectivity index (χ0) is 14.5. The number of amides is 1. The van der Waals surface area contributed by atoms with Crippen LogP contribution >= 0.6 is 0 Å². The molecule has 0 aromatic heterocycles. The molecule has 0 radical (unpaired) electrons. The highest BCUT2D eigenvalue weighted by Crippen LogP contribution is 2.16. The molecule has 0 saturated heterocycles. The summed E-state index contributed by atoms with van der Waals surface area (Å²) in [5.74, 6) is -0.176. The average Bonchev–Trinajstić information content (AvgIpc) is 2.44. The molecule has 20 heavy (non-hydrogen) atoms. The highest BCUT2D eigenvalue weighted by Gasteiger charge is 2.09. The van der Waals surface area contributed by atoms with Crippen molar-refractivity contribution < 1.29 is 9.90 Å². The number of aryl methyl sites for hydroxylation is 1. The van der Waals surface area contributed by atoms with E-state index in [0.29, 0.717) is 17.7 Å². The first-order valence-corrected chi connectivity index (χ1v) is 6.47. The van der Waals surface area contributed by atoms with Gasteiger partial charge in [-0.15, -0.1) is 0 Å². The van der Waals surface area contributed by atoms with Gasteiger partial charge in [-0.3, -0.25) is 4.79 Å². The summed E-state index contributed by atoms with van der Waals surface area (Å²) >= 11 is 0. The number of nitrogens with two attached hydrogens (primary N) is 1. The van der Waals surface area contributed by atoms with Crippen LogP contribution in [0, 0.1) is 6.92 Å². The molecule has 4 N–H and O–H groups in total. The van der Waals surface area contributed by atoms with Gasteiger partial charge in [0.05, 0.1) is 0 Å². The smallest absolute Gasteiger partial charge is 0.256 e. The molecule has 0 unspecified atom stereocenters. The Morgan fingerprint density at radius 2 is 1.90 bits per heavy atom. The largest absolute Gasteiger partial charge is 0.399 e. The Morgan fingerprint density at radius 3 is 2.55 bits per heavy atom. The first kappa shape index (κ1) is 14.1. The summed E-state index contributed by atoms with van der Waals surface area (Å²) in [6.45, 7) is 1.99. The highest BCUT2D eigenvalue weighted by molar-refractivity contribution is 6.05. The van der Waals surface area contributed by atoms with Crippen molar-refractivity contribution in [1.82, 2.24) is 0 Å². The van der Waals surface area contributed by atoms with Gasteiger partial charge in [0.15, 0.2) is 0 Å². The summed E-state index contributed by atoms with van der Waals surface area (Å²) in [5, 5.41) is 11.7. The summed E-state index contributed by atoms with van der Waals surface area (Å²) in [4.78, 5) is 12.2. The molecule has 0 spiro atoms. The summed E-state index contributed by atoms with van der Waals surface area (Å²) in [7, 11) is 0. The summed E-state index contributed by atoms with van der Waals surface area (Å²) in [5.41, 5.74) is 9.49. The summed E-state index contributed by atoms with van der Waals surface area (Å²) in [6.07, 6.45) is 0.614. The molecule has 0 aliphatic carbocycles. The van der Waals surface area contributed by atoms with Crippen molar-refractivity contribution in [3.63, 3.8) is 0 Å². The third-order valence-corrected chi connectivity index (χ3v) is 3.12. The van der Waals surface area contributed by atoms with Gasteiger partial charge in [0.1, 0.15) is 0 Å². The molecule has 2 aromatic rings. The standard InChI is InChI=1S/C16H18N2O2/c1-11-2-5-13(17)10-15(11)16(20)18-14-6-3-12(4-7-14)8-9-19/h2-7,10,19H,8-9,17H2,1H3,(H,18,20). The van der Waals surface area contributed by atoms with Crippen molar-refractivity contribution >= 4 is 17.3 Å². The predicted molar refractivity (Wildman–Crippen MR) is 80.8 cm³/mol. The maximum atomic E-state index is 12.2. The van der Waals surface area contributed by atoms with Crippen molar-refractivity contribution in [3.05, 3.63) is 59.2 Å². The Balaban J connectivity index is 2.13. The molecular formula is C16H18N2O2. The zero-order valence-corrected chi connectivity index (χ0v) is 11.4. The molecule has 0 aliphatic heterocycles. The second kappa shape index (κ2) is 6.21. The molecule has 0 bridgehead atoms. The number of nitrogen functional groups attached to an aromatic ring is 1. The maximum absolute atomic E-state index is 12.2. The first-order chi connectivity index (χ1) is 9.60. The number of aliphatic hydroxyl groups excluding tert-OH is 1. The van der Waals surface area contributed by atoms with Gasteiger partial charge in [-0.1, -0.05) is 18.2 Å².